The zero-order valence-electron chi connectivity index (χ0n) is 9.21. The first-order chi connectivity index (χ1) is 8.11. The fraction of sp³-hybridized carbons (Fsp3) is 0.364. The number of benzene rings is 1. The van der Waals surface area contributed by atoms with Crippen molar-refractivity contribution in [3.05, 3.63) is 30.3 Å². The van der Waals surface area contributed by atoms with Crippen LogP contribution in [0.5, 0.6) is 0 Å². The van der Waals surface area contributed by atoms with Crippen LogP contribution in [0.3, 0.4) is 0 Å². The average Bonchev–Trinajstić information content (AvgIpc) is 2.30. The highest BCUT2D eigenvalue weighted by molar-refractivity contribution is 6.22. The van der Waals surface area contributed by atoms with Crippen LogP contribution in [0.1, 0.15) is 0 Å². The van der Waals surface area contributed by atoms with Gasteiger partial charge in [-0.25, -0.2) is 4.79 Å². The van der Waals surface area contributed by atoms with E-state index in [0.29, 0.717) is 0 Å². The van der Waals surface area contributed by atoms with Gasteiger partial charge in [0.2, 0.25) is 0 Å². The number of rotatable bonds is 1. The molecule has 0 amide bonds. The number of carbonyl (C=O) groups is 1. The zero-order chi connectivity index (χ0) is 12.7. The molecule has 1 unspecified atom stereocenters. The Morgan fingerprint density at radius 1 is 1.35 bits per heavy atom. The van der Waals surface area contributed by atoms with Crippen LogP contribution in [0.4, 0.5) is 10.5 Å². The number of hydrogen-bond donors (Lipinski definition) is 3. The number of piperazine rings is 1. The molecule has 2 rings (SSSR count). The van der Waals surface area contributed by atoms with Crippen LogP contribution in [0.25, 0.3) is 0 Å². The zero-order valence-corrected chi connectivity index (χ0v) is 9.97. The Labute approximate surface area is 105 Å². The molecule has 1 heterocycles. The Morgan fingerprint density at radius 3 is 2.47 bits per heavy atom. The second kappa shape index (κ2) is 6.98. The average molecular weight is 259 g/mol. The largest absolute Gasteiger partial charge is 0.503 e. The fourth-order valence-corrected chi connectivity index (χ4v) is 1.90. The normalized spacial score (nSPS) is 19.1. The van der Waals surface area contributed by atoms with E-state index in [9.17, 15) is 0 Å². The third-order valence-electron chi connectivity index (χ3n) is 2.27. The van der Waals surface area contributed by atoms with E-state index >= 15 is 0 Å². The van der Waals surface area contributed by atoms with E-state index in [2.05, 4.69) is 22.3 Å². The summed E-state index contributed by atoms with van der Waals surface area (Å²) in [5.74, 6) is 0. The maximum Gasteiger partial charge on any atom is 0.503 e. The molecular weight excluding hydrogens is 244 g/mol. The summed E-state index contributed by atoms with van der Waals surface area (Å²) in [7, 11) is 0. The van der Waals surface area contributed by atoms with Gasteiger partial charge in [0.1, 0.15) is 5.50 Å². The summed E-state index contributed by atoms with van der Waals surface area (Å²) in [6, 6.07) is 10.3. The van der Waals surface area contributed by atoms with Gasteiger partial charge in [0.05, 0.1) is 0 Å². The smallest absolute Gasteiger partial charge is 0.450 e. The van der Waals surface area contributed by atoms with Crippen molar-refractivity contribution in [2.24, 2.45) is 0 Å². The maximum absolute atomic E-state index is 8.56. The van der Waals surface area contributed by atoms with Crippen LogP contribution < -0.4 is 10.2 Å². The van der Waals surface area contributed by atoms with Gasteiger partial charge in [-0.3, -0.25) is 0 Å². The van der Waals surface area contributed by atoms with E-state index in [0.717, 1.165) is 19.6 Å². The lowest BCUT2D eigenvalue weighted by Gasteiger charge is -2.34. The highest BCUT2D eigenvalue weighted by Crippen LogP contribution is 2.19. The highest BCUT2D eigenvalue weighted by atomic mass is 35.5. The number of hydrogen-bond acceptors (Lipinski definition) is 3. The second-order valence-electron chi connectivity index (χ2n) is 3.45. The van der Waals surface area contributed by atoms with Crippen molar-refractivity contribution < 1.29 is 15.0 Å². The van der Waals surface area contributed by atoms with Crippen LogP contribution in [0, 0.1) is 0 Å². The Kier molecular flexibility index (Phi) is 5.59. The molecule has 0 aliphatic carbocycles. The van der Waals surface area contributed by atoms with Gasteiger partial charge in [-0.05, 0) is 12.1 Å². The van der Waals surface area contributed by atoms with Crippen LogP contribution in [-0.4, -0.2) is 41.5 Å². The number of anilines is 1. The monoisotopic (exact) mass is 258 g/mol. The van der Waals surface area contributed by atoms with E-state index in [1.54, 1.807) is 0 Å². The summed E-state index contributed by atoms with van der Waals surface area (Å²) < 4.78 is 0. The first-order valence-corrected chi connectivity index (χ1v) is 5.63. The Morgan fingerprint density at radius 2 is 1.94 bits per heavy atom. The Balaban J connectivity index is 0.000000317. The first kappa shape index (κ1) is 13.6. The molecule has 3 N–H and O–H groups in total. The minimum atomic E-state index is -1.83. The SMILES string of the molecule is ClC1CNCCN1c1ccccc1.O=C(O)O. The molecule has 1 aromatic rings. The van der Waals surface area contributed by atoms with E-state index in [1.165, 1.54) is 5.69 Å². The standard InChI is InChI=1S/C10H13ClN2.CH2O3/c11-10-8-12-6-7-13(10)9-4-2-1-3-5-9;2-1(3)4/h1-5,10,12H,6-8H2;(H2,2,3,4). The van der Waals surface area contributed by atoms with Crippen LogP contribution in [-0.2, 0) is 0 Å². The lowest BCUT2D eigenvalue weighted by molar-refractivity contribution is 0.137. The molecule has 5 nitrogen and oxygen atoms in total. The molecule has 0 aromatic heterocycles. The van der Waals surface area contributed by atoms with Crippen LogP contribution in [0.2, 0.25) is 0 Å². The summed E-state index contributed by atoms with van der Waals surface area (Å²) in [4.78, 5) is 10.8. The summed E-state index contributed by atoms with van der Waals surface area (Å²) >= 11 is 6.18. The van der Waals surface area contributed by atoms with Gasteiger partial charge in [-0.1, -0.05) is 29.8 Å². The van der Waals surface area contributed by atoms with E-state index < -0.39 is 6.16 Å². The van der Waals surface area contributed by atoms with Crippen molar-refractivity contribution in [3.8, 4) is 0 Å². The molecule has 1 aromatic carbocycles. The van der Waals surface area contributed by atoms with Gasteiger partial charge in [0.15, 0.2) is 0 Å². The molecule has 1 aliphatic rings. The minimum Gasteiger partial charge on any atom is -0.450 e. The molecule has 0 radical (unpaired) electrons. The second-order valence-corrected chi connectivity index (χ2v) is 3.95. The van der Waals surface area contributed by atoms with Gasteiger partial charge in [-0.2, -0.15) is 0 Å². The number of nitrogens with one attached hydrogen (secondary N) is 1. The van der Waals surface area contributed by atoms with Crippen molar-refractivity contribution >= 4 is 23.4 Å². The van der Waals surface area contributed by atoms with Crippen molar-refractivity contribution in [2.45, 2.75) is 5.50 Å². The molecule has 0 saturated carbocycles. The molecule has 94 valence electrons. The molecule has 17 heavy (non-hydrogen) atoms. The molecule has 0 bridgehead atoms. The van der Waals surface area contributed by atoms with Gasteiger partial charge in [0, 0.05) is 25.3 Å². The minimum absolute atomic E-state index is 0.0798. The van der Waals surface area contributed by atoms with Crippen LogP contribution in [0.15, 0.2) is 30.3 Å². The maximum atomic E-state index is 8.56. The van der Waals surface area contributed by atoms with Crippen molar-refractivity contribution in [1.29, 1.82) is 0 Å². The van der Waals surface area contributed by atoms with E-state index in [-0.39, 0.29) is 5.50 Å². The molecule has 1 atom stereocenters. The molecule has 1 aliphatic heterocycles. The van der Waals surface area contributed by atoms with E-state index in [1.807, 2.05) is 18.2 Å². The van der Waals surface area contributed by atoms with Gasteiger partial charge < -0.3 is 20.4 Å². The molecule has 1 fully saturated rings. The fourth-order valence-electron chi connectivity index (χ4n) is 1.58. The number of alkyl halides is 1. The number of carboxylic acid groups (broad SMARTS) is 2. The Hall–Kier alpha value is -1.46. The lowest BCUT2D eigenvalue weighted by Crippen LogP contribution is -2.48. The quantitative estimate of drug-likeness (QED) is 0.530. The van der Waals surface area contributed by atoms with Gasteiger partial charge >= 0.3 is 6.16 Å². The number of para-hydroxylation sites is 1. The third kappa shape index (κ3) is 4.93. The molecule has 0 spiro atoms. The third-order valence-corrected chi connectivity index (χ3v) is 2.66. The van der Waals surface area contributed by atoms with Crippen molar-refractivity contribution in [2.75, 3.05) is 24.5 Å². The van der Waals surface area contributed by atoms with E-state index in [4.69, 9.17) is 26.6 Å². The molecular formula is C11H15ClN2O3. The highest BCUT2D eigenvalue weighted by Gasteiger charge is 2.19. The number of nitrogens with zero attached hydrogens (tertiary/aromatic N) is 1. The summed E-state index contributed by atoms with van der Waals surface area (Å²) in [6.07, 6.45) is -1.83. The summed E-state index contributed by atoms with van der Waals surface area (Å²) in [5, 5.41) is 17.2. The van der Waals surface area contributed by atoms with Crippen molar-refractivity contribution in [1.82, 2.24) is 5.32 Å². The topological polar surface area (TPSA) is 72.8 Å². The Bertz CT molecular complexity index is 344. The lowest BCUT2D eigenvalue weighted by atomic mass is 10.2. The molecule has 6 heteroatoms. The summed E-state index contributed by atoms with van der Waals surface area (Å²) in [5.41, 5.74) is 1.29. The van der Waals surface area contributed by atoms with Crippen molar-refractivity contribution in [3.63, 3.8) is 0 Å². The molecule has 1 saturated heterocycles. The number of halogens is 1. The first-order valence-electron chi connectivity index (χ1n) is 5.19. The predicted molar refractivity (Wildman–Crippen MR) is 67.0 cm³/mol. The summed E-state index contributed by atoms with van der Waals surface area (Å²) in [6.45, 7) is 2.85. The van der Waals surface area contributed by atoms with Gasteiger partial charge in [0.25, 0.3) is 0 Å². The van der Waals surface area contributed by atoms with Gasteiger partial charge in [-0.15, -0.1) is 0 Å². The predicted octanol–water partition coefficient (Wildman–Crippen LogP) is 1.88. The van der Waals surface area contributed by atoms with Crippen LogP contribution >= 0.6 is 11.6 Å².